The van der Waals surface area contributed by atoms with Crippen LogP contribution in [0.1, 0.15) is 39.2 Å². The van der Waals surface area contributed by atoms with Gasteiger partial charge in [0.1, 0.15) is 5.82 Å². The number of guanidine groups is 1. The average Bonchev–Trinajstić information content (AvgIpc) is 3.06. The van der Waals surface area contributed by atoms with E-state index >= 15 is 0 Å². The highest BCUT2D eigenvalue weighted by Crippen LogP contribution is 2.22. The molecule has 2 rings (SSSR count). The largest absolute Gasteiger partial charge is 0.356 e. The molecule has 1 saturated heterocycles. The summed E-state index contributed by atoms with van der Waals surface area (Å²) in [6.45, 7) is 8.15. The molecular weight excluding hydrogens is 319 g/mol. The van der Waals surface area contributed by atoms with Crippen molar-refractivity contribution in [2.24, 2.45) is 4.99 Å². The van der Waals surface area contributed by atoms with Gasteiger partial charge in [-0.15, -0.1) is 0 Å². The van der Waals surface area contributed by atoms with E-state index in [4.69, 9.17) is 0 Å². The molecule has 0 aliphatic carbocycles. The first-order valence-electron chi connectivity index (χ1n) is 8.86. The molecule has 5 nitrogen and oxygen atoms in total. The van der Waals surface area contributed by atoms with Crippen molar-refractivity contribution < 1.29 is 9.18 Å². The minimum Gasteiger partial charge on any atom is -0.356 e. The van der Waals surface area contributed by atoms with Crippen molar-refractivity contribution in [1.82, 2.24) is 15.5 Å². The van der Waals surface area contributed by atoms with Gasteiger partial charge in [-0.3, -0.25) is 9.79 Å². The quantitative estimate of drug-likeness (QED) is 0.634. The fraction of sp³-hybridized carbons (Fsp3) is 0.579. The van der Waals surface area contributed by atoms with Gasteiger partial charge in [0.2, 0.25) is 5.91 Å². The van der Waals surface area contributed by atoms with Crippen LogP contribution in [0.2, 0.25) is 0 Å². The zero-order valence-corrected chi connectivity index (χ0v) is 15.6. The van der Waals surface area contributed by atoms with Crippen molar-refractivity contribution >= 4 is 11.9 Å². The molecule has 1 aliphatic rings. The Labute approximate surface area is 149 Å². The number of nitrogens with one attached hydrogen (secondary N) is 2. The number of amides is 1. The molecule has 1 atom stereocenters. The molecule has 0 spiro atoms. The zero-order chi connectivity index (χ0) is 18.4. The van der Waals surface area contributed by atoms with Crippen molar-refractivity contribution in [1.29, 1.82) is 0 Å². The van der Waals surface area contributed by atoms with Gasteiger partial charge in [0.15, 0.2) is 5.96 Å². The van der Waals surface area contributed by atoms with Gasteiger partial charge in [-0.2, -0.15) is 0 Å². The molecule has 1 fully saturated rings. The lowest BCUT2D eigenvalue weighted by Gasteiger charge is -2.27. The Morgan fingerprint density at radius 1 is 1.44 bits per heavy atom. The number of likely N-dealkylation sites (tertiary alicyclic amines) is 1. The maximum Gasteiger partial charge on any atom is 0.222 e. The van der Waals surface area contributed by atoms with Crippen molar-refractivity contribution in [3.63, 3.8) is 0 Å². The van der Waals surface area contributed by atoms with E-state index in [1.807, 2.05) is 17.9 Å². The van der Waals surface area contributed by atoms with Crippen molar-refractivity contribution in [3.05, 3.63) is 35.6 Å². The first-order valence-corrected chi connectivity index (χ1v) is 8.86. The van der Waals surface area contributed by atoms with Crippen molar-refractivity contribution in [2.45, 2.75) is 45.1 Å². The molecule has 1 heterocycles. The van der Waals surface area contributed by atoms with Crippen LogP contribution in [0, 0.1) is 5.82 Å². The van der Waals surface area contributed by atoms with Crippen LogP contribution in [0.25, 0.3) is 0 Å². The first-order chi connectivity index (χ1) is 11.9. The first kappa shape index (κ1) is 19.2. The normalized spacial score (nSPS) is 18.4. The number of halogens is 1. The summed E-state index contributed by atoms with van der Waals surface area (Å²) in [5.41, 5.74) is 0.704. The van der Waals surface area contributed by atoms with E-state index < -0.39 is 0 Å². The number of hydrogen-bond acceptors (Lipinski definition) is 2. The predicted molar refractivity (Wildman–Crippen MR) is 99.2 cm³/mol. The van der Waals surface area contributed by atoms with Gasteiger partial charge in [0.25, 0.3) is 0 Å². The molecule has 1 aliphatic heterocycles. The zero-order valence-electron chi connectivity index (χ0n) is 15.6. The summed E-state index contributed by atoms with van der Waals surface area (Å²) in [6, 6.07) is 6.91. The van der Waals surface area contributed by atoms with Gasteiger partial charge in [-0.1, -0.05) is 32.9 Å². The summed E-state index contributed by atoms with van der Waals surface area (Å²) < 4.78 is 13.5. The minimum atomic E-state index is -0.237. The highest BCUT2D eigenvalue weighted by atomic mass is 19.1. The van der Waals surface area contributed by atoms with Crippen LogP contribution in [-0.2, 0) is 10.2 Å². The fourth-order valence-electron chi connectivity index (χ4n) is 3.03. The van der Waals surface area contributed by atoms with E-state index in [-0.39, 0.29) is 23.2 Å². The highest BCUT2D eigenvalue weighted by molar-refractivity contribution is 5.80. The van der Waals surface area contributed by atoms with E-state index in [2.05, 4.69) is 29.5 Å². The summed E-state index contributed by atoms with van der Waals surface area (Å²) >= 11 is 0. The lowest BCUT2D eigenvalue weighted by Crippen LogP contribution is -2.48. The molecule has 0 radical (unpaired) electrons. The van der Waals surface area contributed by atoms with Crippen LogP contribution in [0.4, 0.5) is 4.39 Å². The van der Waals surface area contributed by atoms with Gasteiger partial charge in [0, 0.05) is 44.6 Å². The number of nitrogens with zero attached hydrogens (tertiary/aromatic N) is 2. The van der Waals surface area contributed by atoms with Crippen LogP contribution in [-0.4, -0.2) is 49.5 Å². The fourth-order valence-corrected chi connectivity index (χ4v) is 3.03. The molecule has 1 unspecified atom stereocenters. The SMILES string of the molecule is CCC(=O)N1CCC(NC(=NC)NCC(C)(C)c2cccc(F)c2)C1. The molecule has 0 aromatic heterocycles. The van der Waals surface area contributed by atoms with Crippen molar-refractivity contribution in [3.8, 4) is 0 Å². The Balaban J connectivity index is 1.89. The minimum absolute atomic E-state index is 0.194. The number of aliphatic imine (C=N–C) groups is 1. The van der Waals surface area contributed by atoms with E-state index in [1.54, 1.807) is 19.2 Å². The van der Waals surface area contributed by atoms with Gasteiger partial charge >= 0.3 is 0 Å². The highest BCUT2D eigenvalue weighted by Gasteiger charge is 2.26. The van der Waals surface area contributed by atoms with Crippen LogP contribution >= 0.6 is 0 Å². The van der Waals surface area contributed by atoms with Gasteiger partial charge in [-0.25, -0.2) is 4.39 Å². The molecule has 1 aromatic rings. The molecule has 0 saturated carbocycles. The topological polar surface area (TPSA) is 56.7 Å². The molecule has 0 bridgehead atoms. The molecular formula is C19H29FN4O. The van der Waals surface area contributed by atoms with Crippen LogP contribution < -0.4 is 10.6 Å². The smallest absolute Gasteiger partial charge is 0.222 e. The maximum atomic E-state index is 13.5. The van der Waals surface area contributed by atoms with Crippen LogP contribution in [0.5, 0.6) is 0 Å². The molecule has 25 heavy (non-hydrogen) atoms. The van der Waals surface area contributed by atoms with E-state index in [9.17, 15) is 9.18 Å². The standard InChI is InChI=1S/C19H29FN4O/c1-5-17(25)24-10-9-16(12-24)23-18(21-4)22-13-19(2,3)14-7-6-8-15(20)11-14/h6-8,11,16H,5,9-10,12-13H2,1-4H3,(H2,21,22,23). The second-order valence-corrected chi connectivity index (χ2v) is 7.14. The number of rotatable bonds is 5. The summed E-state index contributed by atoms with van der Waals surface area (Å²) in [6.07, 6.45) is 1.46. The summed E-state index contributed by atoms with van der Waals surface area (Å²) in [5.74, 6) is 0.680. The number of carbonyl (C=O) groups excluding carboxylic acids is 1. The number of carbonyl (C=O) groups is 1. The molecule has 1 aromatic carbocycles. The number of benzene rings is 1. The van der Waals surface area contributed by atoms with Crippen molar-refractivity contribution in [2.75, 3.05) is 26.7 Å². The maximum absolute atomic E-state index is 13.5. The molecule has 138 valence electrons. The Kier molecular flexibility index (Phi) is 6.39. The summed E-state index contributed by atoms with van der Waals surface area (Å²) in [5, 5.41) is 6.71. The van der Waals surface area contributed by atoms with E-state index in [1.165, 1.54) is 6.07 Å². The van der Waals surface area contributed by atoms with Crippen LogP contribution in [0.15, 0.2) is 29.3 Å². The predicted octanol–water partition coefficient (Wildman–Crippen LogP) is 2.28. The summed E-state index contributed by atoms with van der Waals surface area (Å²) in [7, 11) is 1.73. The molecule has 1 amide bonds. The Morgan fingerprint density at radius 3 is 2.84 bits per heavy atom. The third-order valence-corrected chi connectivity index (χ3v) is 4.71. The van der Waals surface area contributed by atoms with Crippen LogP contribution in [0.3, 0.4) is 0 Å². The summed E-state index contributed by atoms with van der Waals surface area (Å²) in [4.78, 5) is 17.9. The lowest BCUT2D eigenvalue weighted by atomic mass is 9.84. The van der Waals surface area contributed by atoms with Gasteiger partial charge in [0.05, 0.1) is 0 Å². The third kappa shape index (κ3) is 5.18. The average molecular weight is 348 g/mol. The van der Waals surface area contributed by atoms with E-state index in [0.29, 0.717) is 25.5 Å². The third-order valence-electron chi connectivity index (χ3n) is 4.71. The lowest BCUT2D eigenvalue weighted by molar-refractivity contribution is -0.129. The molecule has 6 heteroatoms. The second kappa shape index (κ2) is 8.32. The van der Waals surface area contributed by atoms with Gasteiger partial charge < -0.3 is 15.5 Å². The Morgan fingerprint density at radius 2 is 2.20 bits per heavy atom. The van der Waals surface area contributed by atoms with E-state index in [0.717, 1.165) is 18.5 Å². The second-order valence-electron chi connectivity index (χ2n) is 7.14. The Hall–Kier alpha value is -2.11. The van der Waals surface area contributed by atoms with Gasteiger partial charge in [-0.05, 0) is 24.1 Å². The molecule has 2 N–H and O–H groups in total. The Bertz CT molecular complexity index is 630. The monoisotopic (exact) mass is 348 g/mol. The number of hydrogen-bond donors (Lipinski definition) is 2.